The van der Waals surface area contributed by atoms with Gasteiger partial charge in [-0.15, -0.1) is 0 Å². The molecule has 0 amide bonds. The number of hydrogen-bond acceptors (Lipinski definition) is 0. The van der Waals surface area contributed by atoms with Crippen molar-refractivity contribution in [1.82, 2.24) is 0 Å². The third kappa shape index (κ3) is 4.40. The molecule has 0 heterocycles. The maximum atomic E-state index is 2.54. The van der Waals surface area contributed by atoms with Crippen molar-refractivity contribution in [3.63, 3.8) is 0 Å². The summed E-state index contributed by atoms with van der Waals surface area (Å²) in [6.45, 7) is 15.0. The zero-order chi connectivity index (χ0) is 9.83. The molecule has 74 valence electrons. The van der Waals surface area contributed by atoms with Gasteiger partial charge in [0.25, 0.3) is 0 Å². The van der Waals surface area contributed by atoms with Gasteiger partial charge in [0.1, 0.15) is 0 Å². The molecule has 0 fully saturated rings. The number of hydrogen-bond donors (Lipinski definition) is 0. The molecule has 0 aliphatic heterocycles. The minimum atomic E-state index is -1.67. The Morgan fingerprint density at radius 3 is 1.25 bits per heavy atom. The molecule has 0 nitrogen and oxygen atoms in total. The summed E-state index contributed by atoms with van der Waals surface area (Å²) in [5.74, 6) is 0. The van der Waals surface area contributed by atoms with Gasteiger partial charge >= 0.3 is 85.2 Å². The molecule has 0 bridgehead atoms. The van der Waals surface area contributed by atoms with Crippen molar-refractivity contribution in [2.75, 3.05) is 0 Å². The van der Waals surface area contributed by atoms with Crippen molar-refractivity contribution in [1.29, 1.82) is 0 Å². The fourth-order valence-electron chi connectivity index (χ4n) is 2.25. The van der Waals surface area contributed by atoms with Gasteiger partial charge in [0.2, 0.25) is 0 Å². The average Bonchev–Trinajstić information content (AvgIpc) is 1.99. The van der Waals surface area contributed by atoms with E-state index in [0.29, 0.717) is 0 Å². The molecule has 0 aliphatic rings. The summed E-state index contributed by atoms with van der Waals surface area (Å²) in [4.78, 5) is 0. The third-order valence-electron chi connectivity index (χ3n) is 3.16. The molecule has 0 aliphatic carbocycles. The summed E-state index contributed by atoms with van der Waals surface area (Å²) in [6, 6.07) is 0. The summed E-state index contributed by atoms with van der Waals surface area (Å²) in [5, 5.41) is 0. The van der Waals surface area contributed by atoms with Crippen LogP contribution in [0.1, 0.15) is 20.8 Å². The molecule has 0 aromatic carbocycles. The van der Waals surface area contributed by atoms with Crippen LogP contribution in [0.25, 0.3) is 0 Å². The molecule has 2 heteroatoms. The van der Waals surface area contributed by atoms with E-state index in [4.69, 9.17) is 0 Å². The number of rotatable bonds is 5. The van der Waals surface area contributed by atoms with Gasteiger partial charge in [0, 0.05) is 0 Å². The van der Waals surface area contributed by atoms with Crippen LogP contribution in [-0.2, 0) is 0 Å². The van der Waals surface area contributed by atoms with E-state index < -0.39 is 29.2 Å². The van der Waals surface area contributed by atoms with Crippen molar-refractivity contribution in [2.45, 2.75) is 56.0 Å². The Hall–Kier alpha value is 1.14. The first-order chi connectivity index (χ1) is 5.39. The van der Waals surface area contributed by atoms with Crippen molar-refractivity contribution < 1.29 is 0 Å². The maximum absolute atomic E-state index is 2.54. The van der Waals surface area contributed by atoms with Gasteiger partial charge in [-0.05, 0) is 0 Å². The Labute approximate surface area is 84.8 Å². The SMILES string of the molecule is C[CH2][Pb]([CH2]C)([CH2]C)[CH2][Si](C)(C)C. The van der Waals surface area contributed by atoms with E-state index in [1.165, 1.54) is 0 Å². The first-order valence-corrected chi connectivity index (χ1v) is 20.1. The summed E-state index contributed by atoms with van der Waals surface area (Å²) in [7, 11) is -0.757. The van der Waals surface area contributed by atoms with Gasteiger partial charge in [-0.2, -0.15) is 0 Å². The molecule has 0 unspecified atom stereocenters. The van der Waals surface area contributed by atoms with Crippen molar-refractivity contribution in [3.8, 4) is 0 Å². The van der Waals surface area contributed by atoms with Gasteiger partial charge in [-0.25, -0.2) is 0 Å². The summed E-state index contributed by atoms with van der Waals surface area (Å²) in [6.07, 6.45) is 0. The van der Waals surface area contributed by atoms with E-state index in [2.05, 4.69) is 40.4 Å². The zero-order valence-electron chi connectivity index (χ0n) is 9.83. The predicted octanol–water partition coefficient (Wildman–Crippen LogP) is 4.37. The summed E-state index contributed by atoms with van der Waals surface area (Å²) < 4.78 is 6.49. The quantitative estimate of drug-likeness (QED) is 0.620. The zero-order valence-corrected chi connectivity index (χ0v) is 14.7. The Morgan fingerprint density at radius 2 is 1.17 bits per heavy atom. The summed E-state index contributed by atoms with van der Waals surface area (Å²) in [5.41, 5.74) is 0. The average molecular weight is 382 g/mol. The molecule has 0 rings (SSSR count). The Bertz CT molecular complexity index is 114. The predicted molar refractivity (Wildman–Crippen MR) is 65.4 cm³/mol. The van der Waals surface area contributed by atoms with Gasteiger partial charge in [0.05, 0.1) is 0 Å². The van der Waals surface area contributed by atoms with Crippen LogP contribution in [0, 0.1) is 0 Å². The molecule has 0 spiro atoms. The van der Waals surface area contributed by atoms with Crippen LogP contribution < -0.4 is 0 Å². The molecule has 0 N–H and O–H groups in total. The van der Waals surface area contributed by atoms with E-state index in [1.807, 2.05) is 0 Å². The molecule has 0 atom stereocenters. The van der Waals surface area contributed by atoms with Crippen LogP contribution in [-0.4, -0.2) is 29.2 Å². The Balaban J connectivity index is 4.30. The van der Waals surface area contributed by atoms with Crippen LogP contribution in [0.5, 0.6) is 0 Å². The Morgan fingerprint density at radius 1 is 0.833 bits per heavy atom. The molecule has 0 radical (unpaired) electrons. The van der Waals surface area contributed by atoms with Crippen molar-refractivity contribution in [2.24, 2.45) is 0 Å². The van der Waals surface area contributed by atoms with Crippen molar-refractivity contribution >= 4 is 29.2 Å². The van der Waals surface area contributed by atoms with Gasteiger partial charge < -0.3 is 0 Å². The minimum absolute atomic E-state index is 0.757. The second-order valence-corrected chi connectivity index (χ2v) is 34.8. The van der Waals surface area contributed by atoms with Crippen LogP contribution in [0.2, 0.25) is 35.2 Å². The molecular weight excluding hydrogens is 355 g/mol. The second kappa shape index (κ2) is 5.13. The van der Waals surface area contributed by atoms with E-state index in [9.17, 15) is 0 Å². The first kappa shape index (κ1) is 13.1. The van der Waals surface area contributed by atoms with Crippen molar-refractivity contribution in [3.05, 3.63) is 0 Å². The first-order valence-electron chi connectivity index (χ1n) is 5.39. The van der Waals surface area contributed by atoms with Gasteiger partial charge in [-0.1, -0.05) is 0 Å². The Kier molecular flexibility index (Phi) is 5.61. The fourth-order valence-corrected chi connectivity index (χ4v) is 46.1. The van der Waals surface area contributed by atoms with Crippen LogP contribution in [0.15, 0.2) is 0 Å². The van der Waals surface area contributed by atoms with Crippen LogP contribution >= 0.6 is 0 Å². The van der Waals surface area contributed by atoms with E-state index in [1.54, 1.807) is 15.5 Å². The summed E-state index contributed by atoms with van der Waals surface area (Å²) >= 11 is -1.67. The van der Waals surface area contributed by atoms with E-state index in [0.717, 1.165) is 0 Å². The van der Waals surface area contributed by atoms with Gasteiger partial charge in [0.15, 0.2) is 0 Å². The molecule has 12 heavy (non-hydrogen) atoms. The van der Waals surface area contributed by atoms with E-state index in [-0.39, 0.29) is 0 Å². The second-order valence-electron chi connectivity index (χ2n) is 5.30. The molecule has 0 aromatic heterocycles. The topological polar surface area (TPSA) is 0 Å². The van der Waals surface area contributed by atoms with E-state index >= 15 is 0 Å². The molecule has 0 saturated carbocycles. The molecule has 0 aromatic rings. The third-order valence-corrected chi connectivity index (χ3v) is 43.6. The standard InChI is InChI=1S/C4H11Si.3C2H5.Pb/c1-5(2,3)4;3*1-2;/h1H2,2-4H3;3*1H2,2H3;. The fraction of sp³-hybridized carbons (Fsp3) is 1.00. The van der Waals surface area contributed by atoms with Crippen LogP contribution in [0.3, 0.4) is 0 Å². The normalized spacial score (nSPS) is 13.5. The van der Waals surface area contributed by atoms with Crippen LogP contribution in [0.4, 0.5) is 0 Å². The molecular formula is C10H26PbSi. The molecule has 0 saturated heterocycles. The van der Waals surface area contributed by atoms with Gasteiger partial charge in [-0.3, -0.25) is 0 Å². The monoisotopic (exact) mass is 382 g/mol.